The van der Waals surface area contributed by atoms with E-state index >= 15 is 0 Å². The highest BCUT2D eigenvalue weighted by Gasteiger charge is 2.76. The summed E-state index contributed by atoms with van der Waals surface area (Å²) < 4.78 is 23.1. The lowest BCUT2D eigenvalue weighted by atomic mass is 9.71. The fourth-order valence-corrected chi connectivity index (χ4v) is 5.55. The average molecular weight is 450 g/mol. The van der Waals surface area contributed by atoms with Crippen molar-refractivity contribution in [3.8, 4) is 23.0 Å². The Morgan fingerprint density at radius 3 is 2.15 bits per heavy atom. The van der Waals surface area contributed by atoms with Crippen LogP contribution in [0.25, 0.3) is 0 Å². The minimum atomic E-state index is -1.89. The number of methoxy groups -OCH3 is 3. The molecule has 1 heterocycles. The third-order valence-electron chi connectivity index (χ3n) is 7.01. The Labute approximate surface area is 192 Å². The molecule has 1 aliphatic heterocycles. The first-order chi connectivity index (χ1) is 15.9. The zero-order valence-electron chi connectivity index (χ0n) is 18.7. The number of hydrogen-bond donors (Lipinski definition) is 3. The molecule has 0 bridgehead atoms. The van der Waals surface area contributed by atoms with Crippen LogP contribution in [-0.2, 0) is 11.2 Å². The molecule has 5 atom stereocenters. The molecule has 2 aliphatic rings. The molecule has 3 aromatic carbocycles. The van der Waals surface area contributed by atoms with E-state index in [-0.39, 0.29) is 0 Å². The van der Waals surface area contributed by atoms with Gasteiger partial charge in [-0.2, -0.15) is 0 Å². The Morgan fingerprint density at radius 1 is 0.879 bits per heavy atom. The first-order valence-corrected chi connectivity index (χ1v) is 10.7. The zero-order valence-corrected chi connectivity index (χ0v) is 18.7. The molecule has 4 N–H and O–H groups in total. The fraction of sp³-hybridized carbons (Fsp3) is 0.308. The lowest BCUT2D eigenvalue weighted by molar-refractivity contribution is -0.150. The van der Waals surface area contributed by atoms with Crippen LogP contribution in [-0.4, -0.2) is 43.7 Å². The van der Waals surface area contributed by atoms with Gasteiger partial charge in [-0.15, -0.1) is 0 Å². The van der Waals surface area contributed by atoms with E-state index in [1.807, 2.05) is 42.5 Å². The predicted molar refractivity (Wildman–Crippen MR) is 122 cm³/mol. The zero-order chi connectivity index (χ0) is 23.4. The highest BCUT2D eigenvalue weighted by molar-refractivity contribution is 5.63. The van der Waals surface area contributed by atoms with Crippen LogP contribution < -0.4 is 24.7 Å². The first-order valence-electron chi connectivity index (χ1n) is 10.7. The number of benzene rings is 3. The molecule has 0 amide bonds. The van der Waals surface area contributed by atoms with Crippen molar-refractivity contribution in [2.24, 2.45) is 5.73 Å². The number of nitrogens with two attached hydrogens (primary N) is 1. The Balaban J connectivity index is 1.84. The van der Waals surface area contributed by atoms with Crippen LogP contribution in [0.1, 0.15) is 22.6 Å². The number of rotatable bonds is 5. The maximum absolute atomic E-state index is 12.5. The molecule has 0 spiro atoms. The summed E-state index contributed by atoms with van der Waals surface area (Å²) in [4.78, 5) is 0. The van der Waals surface area contributed by atoms with Gasteiger partial charge in [0.1, 0.15) is 29.1 Å². The van der Waals surface area contributed by atoms with E-state index < -0.39 is 29.3 Å². The van der Waals surface area contributed by atoms with Crippen molar-refractivity contribution < 1.29 is 29.2 Å². The summed E-state index contributed by atoms with van der Waals surface area (Å²) in [5.41, 5.74) is 5.16. The highest BCUT2D eigenvalue weighted by Crippen LogP contribution is 2.68. The number of aliphatic hydroxyl groups excluding tert-OH is 1. The van der Waals surface area contributed by atoms with Crippen LogP contribution in [0.4, 0.5) is 0 Å². The summed E-state index contributed by atoms with van der Waals surface area (Å²) in [7, 11) is 4.63. The Kier molecular flexibility index (Phi) is 5.01. The lowest BCUT2D eigenvalue weighted by Crippen LogP contribution is -2.52. The molecule has 5 unspecified atom stereocenters. The topological polar surface area (TPSA) is 103 Å². The Morgan fingerprint density at radius 2 is 1.55 bits per heavy atom. The van der Waals surface area contributed by atoms with Crippen LogP contribution in [0.2, 0.25) is 0 Å². The molecule has 0 radical (unpaired) electrons. The van der Waals surface area contributed by atoms with E-state index in [1.165, 1.54) is 7.11 Å². The van der Waals surface area contributed by atoms with Crippen molar-refractivity contribution in [1.29, 1.82) is 0 Å². The third kappa shape index (κ3) is 2.73. The second-order valence-corrected chi connectivity index (χ2v) is 8.45. The molecular formula is C26H27NO6. The summed E-state index contributed by atoms with van der Waals surface area (Å²) in [6.07, 6.45) is -1.34. The van der Waals surface area contributed by atoms with Crippen LogP contribution in [0, 0.1) is 0 Å². The average Bonchev–Trinajstić information content (AvgIpc) is 3.21. The minimum absolute atomic E-state index is 0.349. The third-order valence-corrected chi connectivity index (χ3v) is 7.01. The first kappa shape index (κ1) is 21.6. The van der Waals surface area contributed by atoms with E-state index in [0.717, 1.165) is 5.56 Å². The van der Waals surface area contributed by atoms with Gasteiger partial charge in [0.05, 0.1) is 26.9 Å². The molecule has 172 valence electrons. The maximum atomic E-state index is 12.5. The fourth-order valence-electron chi connectivity index (χ4n) is 5.55. The number of fused-ring (bicyclic) bond motifs is 3. The van der Waals surface area contributed by atoms with Gasteiger partial charge in [0, 0.05) is 24.1 Å². The van der Waals surface area contributed by atoms with E-state index in [4.69, 9.17) is 24.7 Å². The molecule has 1 saturated carbocycles. The van der Waals surface area contributed by atoms with Crippen molar-refractivity contribution in [2.45, 2.75) is 29.3 Å². The predicted octanol–water partition coefficient (Wildman–Crippen LogP) is 2.67. The second-order valence-electron chi connectivity index (χ2n) is 8.45. The highest BCUT2D eigenvalue weighted by atomic mass is 16.5. The van der Waals surface area contributed by atoms with Gasteiger partial charge in [-0.1, -0.05) is 42.5 Å². The summed E-state index contributed by atoms with van der Waals surface area (Å²) >= 11 is 0. The van der Waals surface area contributed by atoms with Crippen molar-refractivity contribution >= 4 is 0 Å². The van der Waals surface area contributed by atoms with Gasteiger partial charge >= 0.3 is 0 Å². The van der Waals surface area contributed by atoms with E-state index in [0.29, 0.717) is 34.1 Å². The SMILES string of the molecule is COc1ccc(C23Oc4cc(OC)cc(OC)c4C2(O)C(O)C(N)C3c2ccccc2)cc1. The molecule has 5 rings (SSSR count). The number of ether oxygens (including phenoxy) is 4. The van der Waals surface area contributed by atoms with Gasteiger partial charge in [-0.05, 0) is 23.3 Å². The number of aliphatic hydroxyl groups is 2. The van der Waals surface area contributed by atoms with E-state index in [9.17, 15) is 10.2 Å². The molecule has 3 aromatic rings. The lowest BCUT2D eigenvalue weighted by Gasteiger charge is -2.40. The van der Waals surface area contributed by atoms with Crippen molar-refractivity contribution in [3.63, 3.8) is 0 Å². The summed E-state index contributed by atoms with van der Waals surface area (Å²) in [5, 5.41) is 24.0. The molecule has 1 fully saturated rings. The van der Waals surface area contributed by atoms with Crippen LogP contribution in [0.15, 0.2) is 66.7 Å². The smallest absolute Gasteiger partial charge is 0.178 e. The Bertz CT molecular complexity index is 1170. The van der Waals surface area contributed by atoms with Gasteiger partial charge in [-0.25, -0.2) is 0 Å². The van der Waals surface area contributed by atoms with Gasteiger partial charge in [-0.3, -0.25) is 0 Å². The van der Waals surface area contributed by atoms with Crippen molar-refractivity contribution in [3.05, 3.63) is 83.4 Å². The minimum Gasteiger partial charge on any atom is -0.497 e. The molecule has 0 aromatic heterocycles. The molecule has 33 heavy (non-hydrogen) atoms. The molecular weight excluding hydrogens is 422 g/mol. The molecule has 7 nitrogen and oxygen atoms in total. The molecule has 0 saturated heterocycles. The monoisotopic (exact) mass is 449 g/mol. The largest absolute Gasteiger partial charge is 0.497 e. The van der Waals surface area contributed by atoms with Gasteiger partial charge in [0.25, 0.3) is 0 Å². The van der Waals surface area contributed by atoms with Crippen LogP contribution >= 0.6 is 0 Å². The normalized spacial score (nSPS) is 29.7. The van der Waals surface area contributed by atoms with Crippen LogP contribution in [0.5, 0.6) is 23.0 Å². The maximum Gasteiger partial charge on any atom is 0.178 e. The van der Waals surface area contributed by atoms with Gasteiger partial charge in [0.15, 0.2) is 11.2 Å². The number of hydrogen-bond acceptors (Lipinski definition) is 7. The van der Waals surface area contributed by atoms with E-state index in [2.05, 4.69) is 0 Å². The van der Waals surface area contributed by atoms with Crippen molar-refractivity contribution in [2.75, 3.05) is 21.3 Å². The summed E-state index contributed by atoms with van der Waals surface area (Å²) in [6, 6.07) is 19.4. The second kappa shape index (κ2) is 7.66. The Hall–Kier alpha value is -3.26. The molecule has 1 aliphatic carbocycles. The van der Waals surface area contributed by atoms with Crippen molar-refractivity contribution in [1.82, 2.24) is 0 Å². The summed E-state index contributed by atoms with van der Waals surface area (Å²) in [6.45, 7) is 0. The molecule has 7 heteroatoms. The van der Waals surface area contributed by atoms with E-state index in [1.54, 1.807) is 38.5 Å². The summed E-state index contributed by atoms with van der Waals surface area (Å²) in [5.74, 6) is 1.32. The standard InChI is InChI=1S/C26H27NO6/c1-30-17-11-9-16(10-12-17)26-21(15-7-5-4-6-8-15)23(27)24(28)25(26,29)22-19(32-3)13-18(31-2)14-20(22)33-26/h4-14,21,23-24,28-29H,27H2,1-3H3. The van der Waals surface area contributed by atoms with Gasteiger partial charge < -0.3 is 34.9 Å². The van der Waals surface area contributed by atoms with Gasteiger partial charge in [0.2, 0.25) is 0 Å². The van der Waals surface area contributed by atoms with Crippen LogP contribution in [0.3, 0.4) is 0 Å². The quantitative estimate of drug-likeness (QED) is 0.550.